The number of hydrogen-bond donors (Lipinski definition) is 4. The number of pyridine rings is 2. The molecule has 0 saturated heterocycles. The van der Waals surface area contributed by atoms with E-state index in [4.69, 9.17) is 0 Å². The number of nitrogens with one attached hydrogen (secondary N) is 4. The Morgan fingerprint density at radius 1 is 1.16 bits per heavy atom. The molecule has 4 N–H and O–H groups in total. The Hall–Kier alpha value is -3.45. The molecule has 32 heavy (non-hydrogen) atoms. The average molecular weight is 431 g/mol. The van der Waals surface area contributed by atoms with Gasteiger partial charge >= 0.3 is 0 Å². The van der Waals surface area contributed by atoms with Gasteiger partial charge in [-0.1, -0.05) is 36.4 Å². The number of carbonyl (C=O) groups excluding carboxylic acids is 1. The summed E-state index contributed by atoms with van der Waals surface area (Å²) in [4.78, 5) is 21.0. The fourth-order valence-corrected chi connectivity index (χ4v) is 3.92. The maximum Gasteiger partial charge on any atom is 0.252 e. The Bertz CT molecular complexity index is 1040. The van der Waals surface area contributed by atoms with Crippen molar-refractivity contribution in [2.75, 3.05) is 30.3 Å². The van der Waals surface area contributed by atoms with Crippen LogP contribution in [0.1, 0.15) is 40.1 Å². The van der Waals surface area contributed by atoms with E-state index in [0.717, 1.165) is 30.2 Å². The van der Waals surface area contributed by atoms with Gasteiger partial charge in [0.2, 0.25) is 0 Å². The molecule has 166 valence electrons. The standard InChI is InChI=1S/C25H30N6O/c1-3-26-25(32)20-13-21-24(30-15-20)31-22(16-29-21)23(19-7-5-4-6-8-19)27-12-11-18-10-9-17(2)28-14-18/h4-10,13-15,22-23,27,29H,3,11-12,16H2,1-2H3,(H,26,32)(H,30,31)/t22-,23-/m1/s1. The van der Waals surface area contributed by atoms with Gasteiger partial charge in [0.1, 0.15) is 5.82 Å². The largest absolute Gasteiger partial charge is 0.380 e. The van der Waals surface area contributed by atoms with Gasteiger partial charge in [0.25, 0.3) is 5.91 Å². The SMILES string of the molecule is CCNC(=O)c1cnc2c(c1)NC[C@H]([C@H](NCCc1ccc(C)nc1)c1ccccc1)N2. The lowest BCUT2D eigenvalue weighted by molar-refractivity contribution is 0.0955. The van der Waals surface area contributed by atoms with Gasteiger partial charge in [0.05, 0.1) is 23.3 Å². The number of amides is 1. The van der Waals surface area contributed by atoms with Crippen molar-refractivity contribution in [3.05, 3.63) is 83.3 Å². The molecule has 3 aromatic rings. The van der Waals surface area contributed by atoms with E-state index in [0.29, 0.717) is 18.7 Å². The smallest absolute Gasteiger partial charge is 0.252 e. The summed E-state index contributed by atoms with van der Waals surface area (Å²) in [6.45, 7) is 6.04. The summed E-state index contributed by atoms with van der Waals surface area (Å²) in [5, 5.41) is 13.6. The number of aromatic nitrogens is 2. The lowest BCUT2D eigenvalue weighted by Gasteiger charge is -2.34. The van der Waals surface area contributed by atoms with Crippen LogP contribution in [0.3, 0.4) is 0 Å². The number of carbonyl (C=O) groups is 1. The van der Waals surface area contributed by atoms with E-state index in [1.54, 1.807) is 6.20 Å². The molecule has 1 aromatic carbocycles. The molecule has 0 fully saturated rings. The van der Waals surface area contributed by atoms with Crippen LogP contribution in [0.25, 0.3) is 0 Å². The first kappa shape index (κ1) is 21.8. The monoisotopic (exact) mass is 430 g/mol. The van der Waals surface area contributed by atoms with Gasteiger partial charge in [-0.05, 0) is 50.1 Å². The van der Waals surface area contributed by atoms with E-state index < -0.39 is 0 Å². The Morgan fingerprint density at radius 2 is 2.00 bits per heavy atom. The van der Waals surface area contributed by atoms with Crippen LogP contribution < -0.4 is 21.3 Å². The van der Waals surface area contributed by atoms with E-state index in [1.807, 2.05) is 38.2 Å². The minimum atomic E-state index is -0.110. The van der Waals surface area contributed by atoms with E-state index in [-0.39, 0.29) is 18.0 Å². The lowest BCUT2D eigenvalue weighted by Crippen LogP contribution is -2.44. The second kappa shape index (κ2) is 10.2. The van der Waals surface area contributed by atoms with Crippen LogP contribution >= 0.6 is 0 Å². The third kappa shape index (κ3) is 5.23. The van der Waals surface area contributed by atoms with Crippen molar-refractivity contribution in [2.24, 2.45) is 0 Å². The summed E-state index contributed by atoms with van der Waals surface area (Å²) in [6.07, 6.45) is 4.47. The number of nitrogens with zero attached hydrogens (tertiary/aromatic N) is 2. The van der Waals surface area contributed by atoms with Crippen molar-refractivity contribution in [1.29, 1.82) is 0 Å². The first-order valence-electron chi connectivity index (χ1n) is 11.1. The second-order valence-electron chi connectivity index (χ2n) is 8.01. The van der Waals surface area contributed by atoms with E-state index in [9.17, 15) is 4.79 Å². The molecule has 0 radical (unpaired) electrons. The lowest BCUT2D eigenvalue weighted by atomic mass is 9.97. The molecule has 0 aliphatic carbocycles. The van der Waals surface area contributed by atoms with Crippen LogP contribution in [0.15, 0.2) is 60.9 Å². The van der Waals surface area contributed by atoms with Crippen LogP contribution in [0, 0.1) is 6.92 Å². The zero-order valence-electron chi connectivity index (χ0n) is 18.6. The molecule has 1 amide bonds. The van der Waals surface area contributed by atoms with Crippen molar-refractivity contribution < 1.29 is 4.79 Å². The number of fused-ring (bicyclic) bond motifs is 1. The van der Waals surface area contributed by atoms with Gasteiger partial charge in [-0.15, -0.1) is 0 Å². The Labute approximate surface area is 189 Å². The molecule has 3 heterocycles. The molecule has 2 atom stereocenters. The molecular formula is C25H30N6O. The Balaban J connectivity index is 1.47. The van der Waals surface area contributed by atoms with Crippen molar-refractivity contribution in [3.63, 3.8) is 0 Å². The summed E-state index contributed by atoms with van der Waals surface area (Å²) >= 11 is 0. The third-order valence-electron chi connectivity index (χ3n) is 5.63. The second-order valence-corrected chi connectivity index (χ2v) is 8.01. The predicted molar refractivity (Wildman–Crippen MR) is 128 cm³/mol. The average Bonchev–Trinajstić information content (AvgIpc) is 2.83. The highest BCUT2D eigenvalue weighted by molar-refractivity contribution is 5.95. The van der Waals surface area contributed by atoms with Gasteiger partial charge in [0.15, 0.2) is 0 Å². The van der Waals surface area contributed by atoms with Crippen molar-refractivity contribution >= 4 is 17.4 Å². The number of aryl methyl sites for hydroxylation is 1. The molecule has 4 rings (SSSR count). The molecule has 2 aromatic heterocycles. The summed E-state index contributed by atoms with van der Waals surface area (Å²) in [7, 11) is 0. The van der Waals surface area contributed by atoms with E-state index in [2.05, 4.69) is 61.6 Å². The van der Waals surface area contributed by atoms with Gasteiger partial charge in [-0.25, -0.2) is 4.98 Å². The molecule has 7 heteroatoms. The van der Waals surface area contributed by atoms with E-state index >= 15 is 0 Å². The quantitative estimate of drug-likeness (QED) is 0.438. The van der Waals surface area contributed by atoms with Crippen LogP contribution in [0.5, 0.6) is 0 Å². The summed E-state index contributed by atoms with van der Waals surface area (Å²) in [5.74, 6) is 0.654. The third-order valence-corrected chi connectivity index (χ3v) is 5.63. The minimum Gasteiger partial charge on any atom is -0.380 e. The number of anilines is 2. The summed E-state index contributed by atoms with van der Waals surface area (Å²) in [6, 6.07) is 16.7. The van der Waals surface area contributed by atoms with E-state index in [1.165, 1.54) is 11.1 Å². The highest BCUT2D eigenvalue weighted by Gasteiger charge is 2.27. The molecule has 1 aliphatic heterocycles. The van der Waals surface area contributed by atoms with Gasteiger partial charge < -0.3 is 21.3 Å². The van der Waals surface area contributed by atoms with Crippen molar-refractivity contribution in [3.8, 4) is 0 Å². The molecular weight excluding hydrogens is 400 g/mol. The zero-order chi connectivity index (χ0) is 22.3. The molecule has 0 unspecified atom stereocenters. The minimum absolute atomic E-state index is 0.0973. The van der Waals surface area contributed by atoms with Crippen LogP contribution in [-0.2, 0) is 6.42 Å². The van der Waals surface area contributed by atoms with Crippen molar-refractivity contribution in [2.45, 2.75) is 32.4 Å². The summed E-state index contributed by atoms with van der Waals surface area (Å²) in [5.41, 5.74) is 4.87. The Morgan fingerprint density at radius 3 is 2.75 bits per heavy atom. The maximum absolute atomic E-state index is 12.1. The van der Waals surface area contributed by atoms with Crippen molar-refractivity contribution in [1.82, 2.24) is 20.6 Å². The highest BCUT2D eigenvalue weighted by atomic mass is 16.1. The Kier molecular flexibility index (Phi) is 6.97. The molecule has 0 spiro atoms. The fourth-order valence-electron chi connectivity index (χ4n) is 3.92. The van der Waals surface area contributed by atoms with Crippen LogP contribution in [0.2, 0.25) is 0 Å². The molecule has 1 aliphatic rings. The topological polar surface area (TPSA) is 91.0 Å². The first-order chi connectivity index (χ1) is 15.6. The highest BCUT2D eigenvalue weighted by Crippen LogP contribution is 2.29. The number of benzene rings is 1. The van der Waals surface area contributed by atoms with Gasteiger partial charge in [0, 0.05) is 31.2 Å². The normalized spacial score (nSPS) is 15.8. The van der Waals surface area contributed by atoms with Crippen LogP contribution in [-0.4, -0.2) is 41.6 Å². The number of hydrogen-bond acceptors (Lipinski definition) is 6. The molecule has 0 bridgehead atoms. The molecule has 7 nitrogen and oxygen atoms in total. The summed E-state index contributed by atoms with van der Waals surface area (Å²) < 4.78 is 0. The predicted octanol–water partition coefficient (Wildman–Crippen LogP) is 3.31. The molecule has 0 saturated carbocycles. The maximum atomic E-state index is 12.1. The number of rotatable bonds is 8. The van der Waals surface area contributed by atoms with Gasteiger partial charge in [-0.2, -0.15) is 0 Å². The zero-order valence-corrected chi connectivity index (χ0v) is 18.6. The fraction of sp³-hybridized carbons (Fsp3) is 0.320. The van der Waals surface area contributed by atoms with Crippen LogP contribution in [0.4, 0.5) is 11.5 Å². The first-order valence-corrected chi connectivity index (χ1v) is 11.1. The van der Waals surface area contributed by atoms with Gasteiger partial charge in [-0.3, -0.25) is 9.78 Å².